The second kappa shape index (κ2) is 11.2. The lowest BCUT2D eigenvalue weighted by molar-refractivity contribution is -0.117. The minimum atomic E-state index is -0.130. The van der Waals surface area contributed by atoms with Gasteiger partial charge in [-0.05, 0) is 49.4 Å². The molecule has 3 atom stereocenters. The molecule has 2 amide bonds. The summed E-state index contributed by atoms with van der Waals surface area (Å²) in [5, 5.41) is 2.96. The van der Waals surface area contributed by atoms with Gasteiger partial charge in [-0.1, -0.05) is 13.0 Å². The maximum atomic E-state index is 13.3. The van der Waals surface area contributed by atoms with Crippen LogP contribution in [-0.4, -0.2) is 72.6 Å². The lowest BCUT2D eigenvalue weighted by atomic mass is 10.0. The Morgan fingerprint density at radius 3 is 2.71 bits per heavy atom. The lowest BCUT2D eigenvalue weighted by Gasteiger charge is -2.36. The van der Waals surface area contributed by atoms with Gasteiger partial charge in [0.25, 0.3) is 5.91 Å². The van der Waals surface area contributed by atoms with Crippen molar-refractivity contribution in [3.05, 3.63) is 53.9 Å². The van der Waals surface area contributed by atoms with E-state index >= 15 is 0 Å². The number of pyridine rings is 1. The van der Waals surface area contributed by atoms with Crippen LogP contribution < -0.4 is 10.1 Å². The molecule has 0 bridgehead atoms. The van der Waals surface area contributed by atoms with Crippen LogP contribution >= 0.6 is 0 Å². The molecule has 1 N–H and O–H groups in total. The molecule has 1 aliphatic carbocycles. The molecule has 0 radical (unpaired) electrons. The zero-order chi connectivity index (χ0) is 24.9. The van der Waals surface area contributed by atoms with Crippen LogP contribution in [-0.2, 0) is 16.1 Å². The summed E-state index contributed by atoms with van der Waals surface area (Å²) in [4.78, 5) is 33.9. The Hall–Kier alpha value is -2.97. The third-order valence-electron chi connectivity index (χ3n) is 6.90. The highest BCUT2D eigenvalue weighted by atomic mass is 16.5. The van der Waals surface area contributed by atoms with Gasteiger partial charge >= 0.3 is 0 Å². The molecule has 1 aliphatic heterocycles. The predicted octanol–water partition coefficient (Wildman–Crippen LogP) is 3.44. The van der Waals surface area contributed by atoms with Crippen molar-refractivity contribution in [2.75, 3.05) is 39.2 Å². The summed E-state index contributed by atoms with van der Waals surface area (Å²) in [7, 11) is 3.49. The number of nitrogens with one attached hydrogen (secondary N) is 1. The number of anilines is 1. The molecule has 8 nitrogen and oxygen atoms in total. The first-order chi connectivity index (χ1) is 16.9. The first kappa shape index (κ1) is 25.1. The Morgan fingerprint density at radius 1 is 1.23 bits per heavy atom. The van der Waals surface area contributed by atoms with Gasteiger partial charge in [-0.3, -0.25) is 19.5 Å². The van der Waals surface area contributed by atoms with Gasteiger partial charge in [0.2, 0.25) is 5.91 Å². The summed E-state index contributed by atoms with van der Waals surface area (Å²) in [5.41, 5.74) is 2.25. The molecule has 4 rings (SSSR count). The average molecular weight is 481 g/mol. The van der Waals surface area contributed by atoms with Gasteiger partial charge in [0.15, 0.2) is 0 Å². The standard InChI is InChI=1S/C27H36N4O4/c1-18-14-31(15-20-6-5-11-28-13-20)19(2)17-35-24-12-22(29-26(32)21-7-8-21)9-10-23(24)27(33)30(3)16-25(18)34-4/h5-6,9-13,18-19,21,25H,7-8,14-17H2,1-4H3,(H,29,32)/t18-,19-,25-/m1/s1. The molecule has 2 heterocycles. The molecule has 1 aromatic carbocycles. The fourth-order valence-electron chi connectivity index (χ4n) is 4.46. The van der Waals surface area contributed by atoms with E-state index in [1.165, 1.54) is 0 Å². The smallest absolute Gasteiger partial charge is 0.257 e. The Bertz CT molecular complexity index is 1030. The number of fused-ring (bicyclic) bond motifs is 1. The van der Waals surface area contributed by atoms with E-state index in [1.807, 2.05) is 12.3 Å². The third-order valence-corrected chi connectivity index (χ3v) is 6.90. The molecular weight excluding hydrogens is 444 g/mol. The minimum absolute atomic E-state index is 0.0227. The molecule has 1 aromatic heterocycles. The summed E-state index contributed by atoms with van der Waals surface area (Å²) in [6.07, 6.45) is 5.41. The third kappa shape index (κ3) is 6.38. The number of carbonyl (C=O) groups excluding carboxylic acids is 2. The van der Waals surface area contributed by atoms with Crippen LogP contribution in [0.15, 0.2) is 42.7 Å². The molecule has 0 saturated heterocycles. The second-order valence-corrected chi connectivity index (χ2v) is 9.86. The lowest BCUT2D eigenvalue weighted by Crippen LogP contribution is -2.46. The monoisotopic (exact) mass is 480 g/mol. The summed E-state index contributed by atoms with van der Waals surface area (Å²) >= 11 is 0. The van der Waals surface area contributed by atoms with Crippen LogP contribution in [0.5, 0.6) is 5.75 Å². The normalized spacial score (nSPS) is 24.1. The zero-order valence-electron chi connectivity index (χ0n) is 21.1. The van der Waals surface area contributed by atoms with Crippen molar-refractivity contribution in [3.8, 4) is 5.75 Å². The topological polar surface area (TPSA) is 84.0 Å². The average Bonchev–Trinajstić information content (AvgIpc) is 3.71. The van der Waals surface area contributed by atoms with Gasteiger partial charge < -0.3 is 19.7 Å². The number of ether oxygens (including phenoxy) is 2. The summed E-state index contributed by atoms with van der Waals surface area (Å²) in [6.45, 7) is 6.66. The number of rotatable bonds is 5. The number of nitrogens with zero attached hydrogens (tertiary/aromatic N) is 3. The fourth-order valence-corrected chi connectivity index (χ4v) is 4.46. The van der Waals surface area contributed by atoms with Crippen LogP contribution in [0.4, 0.5) is 5.69 Å². The van der Waals surface area contributed by atoms with Crippen molar-refractivity contribution in [3.63, 3.8) is 0 Å². The van der Waals surface area contributed by atoms with E-state index in [2.05, 4.69) is 35.1 Å². The molecular formula is C27H36N4O4. The molecule has 188 valence electrons. The van der Waals surface area contributed by atoms with Gasteiger partial charge in [-0.15, -0.1) is 0 Å². The van der Waals surface area contributed by atoms with E-state index in [4.69, 9.17) is 9.47 Å². The number of carbonyl (C=O) groups is 2. The number of hydrogen-bond acceptors (Lipinski definition) is 6. The molecule has 0 spiro atoms. The van der Waals surface area contributed by atoms with Gasteiger partial charge in [0.1, 0.15) is 12.4 Å². The minimum Gasteiger partial charge on any atom is -0.491 e. The number of hydrogen-bond donors (Lipinski definition) is 1. The van der Waals surface area contributed by atoms with Crippen molar-refractivity contribution in [1.29, 1.82) is 0 Å². The maximum Gasteiger partial charge on any atom is 0.257 e. The summed E-state index contributed by atoms with van der Waals surface area (Å²) < 4.78 is 12.1. The highest BCUT2D eigenvalue weighted by Crippen LogP contribution is 2.32. The number of benzene rings is 1. The highest BCUT2D eigenvalue weighted by molar-refractivity contribution is 5.99. The van der Waals surface area contributed by atoms with Gasteiger partial charge in [0.05, 0.1) is 11.7 Å². The Morgan fingerprint density at radius 2 is 2.03 bits per heavy atom. The number of aromatic nitrogens is 1. The molecule has 2 aliphatic rings. The Kier molecular flexibility index (Phi) is 8.03. The summed E-state index contributed by atoms with van der Waals surface area (Å²) in [5.74, 6) is 0.655. The van der Waals surface area contributed by atoms with Crippen molar-refractivity contribution in [2.45, 2.75) is 45.4 Å². The molecule has 1 fully saturated rings. The quantitative estimate of drug-likeness (QED) is 0.706. The Balaban J connectivity index is 1.62. The fraction of sp³-hybridized carbons (Fsp3) is 0.519. The van der Waals surface area contributed by atoms with E-state index in [0.29, 0.717) is 30.2 Å². The van der Waals surface area contributed by atoms with E-state index in [1.54, 1.807) is 43.5 Å². The first-order valence-corrected chi connectivity index (χ1v) is 12.3. The van der Waals surface area contributed by atoms with Gasteiger partial charge in [-0.25, -0.2) is 0 Å². The van der Waals surface area contributed by atoms with Gasteiger partial charge in [0, 0.05) is 69.9 Å². The molecule has 35 heavy (non-hydrogen) atoms. The first-order valence-electron chi connectivity index (χ1n) is 12.3. The largest absolute Gasteiger partial charge is 0.491 e. The molecule has 0 unspecified atom stereocenters. The molecule has 2 aromatic rings. The Labute approximate surface area is 207 Å². The zero-order valence-corrected chi connectivity index (χ0v) is 21.1. The van der Waals surface area contributed by atoms with Crippen molar-refractivity contribution >= 4 is 17.5 Å². The molecule has 1 saturated carbocycles. The van der Waals surface area contributed by atoms with Crippen molar-refractivity contribution in [1.82, 2.24) is 14.8 Å². The second-order valence-electron chi connectivity index (χ2n) is 9.86. The van der Waals surface area contributed by atoms with Crippen LogP contribution in [0.3, 0.4) is 0 Å². The highest BCUT2D eigenvalue weighted by Gasteiger charge is 2.31. The van der Waals surface area contributed by atoms with Crippen LogP contribution in [0.1, 0.15) is 42.6 Å². The predicted molar refractivity (Wildman–Crippen MR) is 134 cm³/mol. The van der Waals surface area contributed by atoms with Crippen LogP contribution in [0.25, 0.3) is 0 Å². The molecule has 8 heteroatoms. The number of methoxy groups -OCH3 is 1. The van der Waals surface area contributed by atoms with E-state index in [0.717, 1.165) is 31.5 Å². The van der Waals surface area contributed by atoms with E-state index < -0.39 is 0 Å². The van der Waals surface area contributed by atoms with Crippen molar-refractivity contribution in [2.24, 2.45) is 11.8 Å². The number of likely N-dealkylation sites (N-methyl/N-ethyl adjacent to an activating group) is 1. The van der Waals surface area contributed by atoms with E-state index in [-0.39, 0.29) is 35.8 Å². The van der Waals surface area contributed by atoms with Crippen LogP contribution in [0, 0.1) is 11.8 Å². The SMILES string of the molecule is CO[C@@H]1CN(C)C(=O)c2ccc(NC(=O)C3CC3)cc2OC[C@@H](C)N(Cc2cccnc2)C[C@H]1C. The van der Waals surface area contributed by atoms with Crippen LogP contribution in [0.2, 0.25) is 0 Å². The van der Waals surface area contributed by atoms with Crippen molar-refractivity contribution < 1.29 is 19.1 Å². The van der Waals surface area contributed by atoms with Gasteiger partial charge in [-0.2, -0.15) is 0 Å². The maximum absolute atomic E-state index is 13.3. The number of amides is 2. The van der Waals surface area contributed by atoms with E-state index in [9.17, 15) is 9.59 Å². The summed E-state index contributed by atoms with van der Waals surface area (Å²) in [6, 6.07) is 9.37.